The molecule has 0 saturated heterocycles. The zero-order valence-corrected chi connectivity index (χ0v) is 15.7. The van der Waals surface area contributed by atoms with E-state index in [1.807, 2.05) is 0 Å². The first-order valence-electron chi connectivity index (χ1n) is 8.71. The summed E-state index contributed by atoms with van der Waals surface area (Å²) >= 11 is 5.76. The summed E-state index contributed by atoms with van der Waals surface area (Å²) in [4.78, 5) is 0. The van der Waals surface area contributed by atoms with Crippen LogP contribution in [0.25, 0.3) is 0 Å². The Morgan fingerprint density at radius 2 is 1.30 bits per heavy atom. The lowest BCUT2D eigenvalue weighted by Crippen LogP contribution is -2.13. The van der Waals surface area contributed by atoms with Gasteiger partial charge in [0.1, 0.15) is 5.75 Å². The second-order valence-electron chi connectivity index (χ2n) is 5.98. The minimum absolute atomic E-state index is 0.0755. The normalized spacial score (nSPS) is 11.6. The molecule has 5 heteroatoms. The maximum Gasteiger partial charge on any atom is 0.309 e. The molecule has 0 saturated carbocycles. The first-order valence-corrected chi connectivity index (χ1v) is 10.7. The first kappa shape index (κ1) is 20.3. The van der Waals surface area contributed by atoms with Gasteiger partial charge in [0.05, 0.1) is 5.75 Å². The van der Waals surface area contributed by atoms with Crippen LogP contribution in [-0.2, 0) is 10.1 Å². The van der Waals surface area contributed by atoms with Gasteiger partial charge in [-0.3, -0.25) is 0 Å². The van der Waals surface area contributed by atoms with Crippen LogP contribution < -0.4 is 4.18 Å². The minimum atomic E-state index is -3.50. The molecule has 0 radical (unpaired) electrons. The third-order valence-electron chi connectivity index (χ3n) is 3.78. The van der Waals surface area contributed by atoms with Crippen molar-refractivity contribution in [1.82, 2.24) is 0 Å². The molecule has 0 atom stereocenters. The maximum absolute atomic E-state index is 11.9. The van der Waals surface area contributed by atoms with Gasteiger partial charge in [0.25, 0.3) is 0 Å². The number of unbranched alkanes of at least 4 members (excludes halogenated alkanes) is 9. The van der Waals surface area contributed by atoms with Crippen LogP contribution in [0.2, 0.25) is 5.02 Å². The van der Waals surface area contributed by atoms with Gasteiger partial charge in [0.15, 0.2) is 0 Å². The molecule has 3 nitrogen and oxygen atoms in total. The first-order chi connectivity index (χ1) is 11.0. The highest BCUT2D eigenvalue weighted by Crippen LogP contribution is 2.18. The molecule has 0 bridgehead atoms. The average molecular weight is 361 g/mol. The summed E-state index contributed by atoms with van der Waals surface area (Å²) in [6, 6.07) is 6.37. The standard InChI is InChI=1S/C18H29ClO3S/c1-2-3-4-5-6-7-8-9-10-11-16-23(20,21)22-18-14-12-17(19)13-15-18/h12-15H,2-11,16H2,1H3. The fraction of sp³-hybridized carbons (Fsp3) is 0.667. The Morgan fingerprint density at radius 1 is 0.826 bits per heavy atom. The van der Waals surface area contributed by atoms with Gasteiger partial charge in [-0.25, -0.2) is 0 Å². The molecule has 132 valence electrons. The van der Waals surface area contributed by atoms with Gasteiger partial charge in [-0.1, -0.05) is 76.3 Å². The SMILES string of the molecule is CCCCCCCCCCCCS(=O)(=O)Oc1ccc(Cl)cc1. The lowest BCUT2D eigenvalue weighted by molar-refractivity contribution is 0.481. The van der Waals surface area contributed by atoms with E-state index in [2.05, 4.69) is 6.92 Å². The van der Waals surface area contributed by atoms with Gasteiger partial charge in [-0.15, -0.1) is 0 Å². The highest BCUT2D eigenvalue weighted by Gasteiger charge is 2.12. The van der Waals surface area contributed by atoms with Gasteiger partial charge >= 0.3 is 10.1 Å². The van der Waals surface area contributed by atoms with Crippen molar-refractivity contribution in [2.75, 3.05) is 5.75 Å². The average Bonchev–Trinajstić information content (AvgIpc) is 2.51. The lowest BCUT2D eigenvalue weighted by atomic mass is 10.1. The van der Waals surface area contributed by atoms with Gasteiger partial charge in [-0.2, -0.15) is 8.42 Å². The van der Waals surface area contributed by atoms with Crippen LogP contribution in [0.5, 0.6) is 5.75 Å². The van der Waals surface area contributed by atoms with Crippen LogP contribution in [-0.4, -0.2) is 14.2 Å². The number of hydrogen-bond donors (Lipinski definition) is 0. The van der Waals surface area contributed by atoms with Crippen molar-refractivity contribution in [3.63, 3.8) is 0 Å². The van der Waals surface area contributed by atoms with Crippen molar-refractivity contribution < 1.29 is 12.6 Å². The molecule has 1 aromatic carbocycles. The summed E-state index contributed by atoms with van der Waals surface area (Å²) in [5.74, 6) is 0.396. The lowest BCUT2D eigenvalue weighted by Gasteiger charge is -2.07. The van der Waals surface area contributed by atoms with Crippen LogP contribution in [0.1, 0.15) is 71.1 Å². The fourth-order valence-electron chi connectivity index (χ4n) is 2.44. The smallest absolute Gasteiger partial charge is 0.309 e. The number of hydrogen-bond acceptors (Lipinski definition) is 3. The maximum atomic E-state index is 11.9. The van der Waals surface area contributed by atoms with E-state index in [9.17, 15) is 8.42 Å². The Morgan fingerprint density at radius 3 is 1.83 bits per heavy atom. The number of halogens is 1. The molecule has 1 aromatic rings. The molecule has 0 fully saturated rings. The van der Waals surface area contributed by atoms with Crippen molar-refractivity contribution in [2.24, 2.45) is 0 Å². The Balaban J connectivity index is 2.06. The summed E-state index contributed by atoms with van der Waals surface area (Å²) < 4.78 is 28.8. The van der Waals surface area contributed by atoms with Crippen molar-refractivity contribution in [3.05, 3.63) is 29.3 Å². The molecule has 0 aliphatic rings. The third kappa shape index (κ3) is 10.6. The van der Waals surface area contributed by atoms with Crippen LogP contribution in [0.3, 0.4) is 0 Å². The molecule has 0 amide bonds. The molecule has 0 aromatic heterocycles. The van der Waals surface area contributed by atoms with Gasteiger partial charge < -0.3 is 4.18 Å². The van der Waals surface area contributed by atoms with Crippen LogP contribution in [0, 0.1) is 0 Å². The summed E-state index contributed by atoms with van der Waals surface area (Å²) in [5.41, 5.74) is 0. The van der Waals surface area contributed by atoms with E-state index >= 15 is 0 Å². The Hall–Kier alpha value is -0.740. The van der Waals surface area contributed by atoms with Crippen LogP contribution >= 0.6 is 11.6 Å². The van der Waals surface area contributed by atoms with Gasteiger partial charge in [0.2, 0.25) is 0 Å². The molecular formula is C18H29ClO3S. The van der Waals surface area contributed by atoms with Crippen LogP contribution in [0.4, 0.5) is 0 Å². The Bertz CT molecular complexity index is 512. The highest BCUT2D eigenvalue weighted by atomic mass is 35.5. The fourth-order valence-corrected chi connectivity index (χ4v) is 3.62. The van der Waals surface area contributed by atoms with E-state index in [-0.39, 0.29) is 5.75 Å². The predicted molar refractivity (Wildman–Crippen MR) is 97.7 cm³/mol. The van der Waals surface area contributed by atoms with E-state index < -0.39 is 10.1 Å². The van der Waals surface area contributed by atoms with Crippen LogP contribution in [0.15, 0.2) is 24.3 Å². The highest BCUT2D eigenvalue weighted by molar-refractivity contribution is 7.87. The molecular weight excluding hydrogens is 332 g/mol. The molecule has 1 rings (SSSR count). The zero-order valence-electron chi connectivity index (χ0n) is 14.1. The Kier molecular flexibility index (Phi) is 10.4. The topological polar surface area (TPSA) is 43.4 Å². The third-order valence-corrected chi connectivity index (χ3v) is 5.27. The number of benzene rings is 1. The molecule has 0 unspecified atom stereocenters. The van der Waals surface area contributed by atoms with Gasteiger partial charge in [-0.05, 0) is 30.7 Å². The van der Waals surface area contributed by atoms with Crippen molar-refractivity contribution >= 4 is 21.7 Å². The second kappa shape index (κ2) is 11.7. The summed E-state index contributed by atoms with van der Waals surface area (Å²) in [5, 5.41) is 0.560. The second-order valence-corrected chi connectivity index (χ2v) is 8.11. The minimum Gasteiger partial charge on any atom is -0.382 e. The van der Waals surface area contributed by atoms with E-state index in [0.29, 0.717) is 17.2 Å². The Labute approximate surface area is 146 Å². The van der Waals surface area contributed by atoms with E-state index in [1.54, 1.807) is 24.3 Å². The van der Waals surface area contributed by atoms with Gasteiger partial charge in [0, 0.05) is 5.02 Å². The largest absolute Gasteiger partial charge is 0.382 e. The molecule has 0 heterocycles. The molecule has 23 heavy (non-hydrogen) atoms. The summed E-state index contributed by atoms with van der Waals surface area (Å²) in [7, 11) is -3.50. The van der Waals surface area contributed by atoms with Crippen molar-refractivity contribution in [1.29, 1.82) is 0 Å². The molecule has 0 aliphatic heterocycles. The molecule has 0 spiro atoms. The molecule has 0 aliphatic carbocycles. The van der Waals surface area contributed by atoms with E-state index in [0.717, 1.165) is 12.8 Å². The monoisotopic (exact) mass is 360 g/mol. The van der Waals surface area contributed by atoms with E-state index in [1.165, 1.54) is 44.9 Å². The van der Waals surface area contributed by atoms with Crippen molar-refractivity contribution in [3.8, 4) is 5.75 Å². The summed E-state index contributed by atoms with van der Waals surface area (Å²) in [6.07, 6.45) is 11.8. The molecule has 0 N–H and O–H groups in total. The predicted octanol–water partition coefficient (Wildman–Crippen LogP) is 5.97. The number of rotatable bonds is 13. The van der Waals surface area contributed by atoms with E-state index in [4.69, 9.17) is 15.8 Å². The zero-order chi connectivity index (χ0) is 17.0. The quantitative estimate of drug-likeness (QED) is 0.321. The summed E-state index contributed by atoms with van der Waals surface area (Å²) in [6.45, 7) is 2.23. The van der Waals surface area contributed by atoms with Crippen molar-refractivity contribution in [2.45, 2.75) is 71.1 Å².